The van der Waals surface area contributed by atoms with Crippen LogP contribution in [0.4, 0.5) is 0 Å². The van der Waals surface area contributed by atoms with E-state index < -0.39 is 11.4 Å². The predicted octanol–water partition coefficient (Wildman–Crippen LogP) is -0.0564. The molecule has 1 aliphatic rings. The summed E-state index contributed by atoms with van der Waals surface area (Å²) in [4.78, 5) is 22.6. The number of amides is 1. The maximum Gasteiger partial charge on any atom is 0.319 e. The highest BCUT2D eigenvalue weighted by Crippen LogP contribution is 2.45. The van der Waals surface area contributed by atoms with Crippen LogP contribution in [0.5, 0.6) is 0 Å². The summed E-state index contributed by atoms with van der Waals surface area (Å²) in [5.74, 6) is -1.39. The van der Waals surface area contributed by atoms with Crippen LogP contribution in [0.3, 0.4) is 0 Å². The number of rotatable bonds is 5. The summed E-state index contributed by atoms with van der Waals surface area (Å²) >= 11 is 0. The van der Waals surface area contributed by atoms with Gasteiger partial charge in [0.1, 0.15) is 5.41 Å². The van der Waals surface area contributed by atoms with E-state index in [-0.39, 0.29) is 5.91 Å². The molecule has 0 spiro atoms. The lowest BCUT2D eigenvalue weighted by atomic mass is 10.1. The van der Waals surface area contributed by atoms with Gasteiger partial charge in [-0.3, -0.25) is 14.3 Å². The second-order valence-electron chi connectivity index (χ2n) is 4.34. The molecule has 2 rings (SSSR count). The summed E-state index contributed by atoms with van der Waals surface area (Å²) in [5, 5.41) is 15.6. The number of carboxylic acid groups (broad SMARTS) is 1. The Morgan fingerprint density at radius 2 is 2.29 bits per heavy atom. The molecule has 1 aromatic heterocycles. The Hall–Kier alpha value is -1.85. The third kappa shape index (κ3) is 2.15. The van der Waals surface area contributed by atoms with Crippen LogP contribution in [-0.4, -0.2) is 33.3 Å². The molecule has 0 bridgehead atoms. The van der Waals surface area contributed by atoms with E-state index in [2.05, 4.69) is 10.4 Å². The minimum Gasteiger partial charge on any atom is -0.480 e. The molecule has 1 fully saturated rings. The van der Waals surface area contributed by atoms with Gasteiger partial charge in [0.25, 0.3) is 0 Å². The first-order valence-corrected chi connectivity index (χ1v) is 5.55. The Kier molecular flexibility index (Phi) is 2.87. The summed E-state index contributed by atoms with van der Waals surface area (Å²) < 4.78 is 1.73. The van der Waals surface area contributed by atoms with Crippen LogP contribution in [0.25, 0.3) is 0 Å². The number of aromatic nitrogens is 2. The smallest absolute Gasteiger partial charge is 0.319 e. The third-order valence-corrected chi connectivity index (χ3v) is 3.18. The van der Waals surface area contributed by atoms with E-state index in [1.165, 1.54) is 0 Å². The number of carbonyl (C=O) groups excluding carboxylic acids is 1. The Balaban J connectivity index is 1.82. The molecule has 0 saturated heterocycles. The summed E-state index contributed by atoms with van der Waals surface area (Å²) in [6.07, 6.45) is 3.23. The van der Waals surface area contributed by atoms with Gasteiger partial charge in [0.05, 0.1) is 0 Å². The van der Waals surface area contributed by atoms with Crippen molar-refractivity contribution in [3.63, 3.8) is 0 Å². The molecule has 0 aliphatic heterocycles. The van der Waals surface area contributed by atoms with E-state index in [4.69, 9.17) is 5.11 Å². The molecule has 1 heterocycles. The summed E-state index contributed by atoms with van der Waals surface area (Å²) in [7, 11) is 1.83. The first-order valence-electron chi connectivity index (χ1n) is 5.55. The summed E-state index contributed by atoms with van der Waals surface area (Å²) in [6.45, 7) is 0.438. The van der Waals surface area contributed by atoms with Crippen molar-refractivity contribution in [3.05, 3.63) is 18.0 Å². The lowest BCUT2D eigenvalue weighted by molar-refractivity contribution is -0.149. The fourth-order valence-electron chi connectivity index (χ4n) is 1.78. The maximum absolute atomic E-state index is 11.7. The number of hydrogen-bond acceptors (Lipinski definition) is 3. The molecule has 1 amide bonds. The molecule has 2 N–H and O–H groups in total. The quantitative estimate of drug-likeness (QED) is 0.703. The largest absolute Gasteiger partial charge is 0.480 e. The molecule has 92 valence electrons. The lowest BCUT2D eigenvalue weighted by Gasteiger charge is -2.10. The Morgan fingerprint density at radius 3 is 2.76 bits per heavy atom. The average molecular weight is 237 g/mol. The van der Waals surface area contributed by atoms with Crippen LogP contribution in [0.15, 0.2) is 12.3 Å². The molecule has 17 heavy (non-hydrogen) atoms. The highest BCUT2D eigenvalue weighted by molar-refractivity contribution is 6.04. The summed E-state index contributed by atoms with van der Waals surface area (Å²) in [5.41, 5.74) is -0.141. The fraction of sp³-hybridized carbons (Fsp3) is 0.545. The zero-order valence-electron chi connectivity index (χ0n) is 9.64. The number of carbonyl (C=O) groups is 2. The normalized spacial score (nSPS) is 16.5. The number of aryl methyl sites for hydroxylation is 1. The fourth-order valence-corrected chi connectivity index (χ4v) is 1.78. The topological polar surface area (TPSA) is 84.2 Å². The zero-order valence-corrected chi connectivity index (χ0v) is 9.64. The van der Waals surface area contributed by atoms with Crippen LogP contribution in [0, 0.1) is 5.41 Å². The molecular formula is C11H15N3O3. The number of nitrogens with zero attached hydrogens (tertiary/aromatic N) is 2. The highest BCUT2D eigenvalue weighted by atomic mass is 16.4. The molecular weight excluding hydrogens is 222 g/mol. The molecule has 0 aromatic carbocycles. The maximum atomic E-state index is 11.7. The molecule has 1 aliphatic carbocycles. The molecule has 0 atom stereocenters. The Morgan fingerprint density at radius 1 is 1.59 bits per heavy atom. The van der Waals surface area contributed by atoms with Crippen molar-refractivity contribution in [1.29, 1.82) is 0 Å². The Bertz CT molecular complexity index is 449. The molecule has 0 radical (unpaired) electrons. The van der Waals surface area contributed by atoms with E-state index in [1.807, 2.05) is 13.1 Å². The summed E-state index contributed by atoms with van der Waals surface area (Å²) in [6, 6.07) is 1.87. The van der Waals surface area contributed by atoms with Crippen molar-refractivity contribution in [2.45, 2.75) is 19.3 Å². The van der Waals surface area contributed by atoms with Gasteiger partial charge in [-0.25, -0.2) is 0 Å². The van der Waals surface area contributed by atoms with Gasteiger partial charge in [-0.1, -0.05) is 0 Å². The van der Waals surface area contributed by atoms with Crippen molar-refractivity contribution in [2.24, 2.45) is 12.5 Å². The Labute approximate surface area is 98.6 Å². The minimum atomic E-state index is -1.15. The number of aliphatic carboxylic acids is 1. The second kappa shape index (κ2) is 4.20. The van der Waals surface area contributed by atoms with E-state index >= 15 is 0 Å². The van der Waals surface area contributed by atoms with Crippen LogP contribution >= 0.6 is 0 Å². The molecule has 0 unspecified atom stereocenters. The molecule has 6 nitrogen and oxygen atoms in total. The molecule has 1 saturated carbocycles. The van der Waals surface area contributed by atoms with Crippen LogP contribution in [0.2, 0.25) is 0 Å². The van der Waals surface area contributed by atoms with E-state index in [1.54, 1.807) is 10.9 Å². The van der Waals surface area contributed by atoms with Crippen LogP contribution < -0.4 is 5.32 Å². The van der Waals surface area contributed by atoms with Crippen molar-refractivity contribution in [1.82, 2.24) is 15.1 Å². The van der Waals surface area contributed by atoms with E-state index in [0.29, 0.717) is 25.8 Å². The van der Waals surface area contributed by atoms with Gasteiger partial charge in [-0.05, 0) is 18.9 Å². The monoisotopic (exact) mass is 237 g/mol. The van der Waals surface area contributed by atoms with E-state index in [9.17, 15) is 9.59 Å². The van der Waals surface area contributed by atoms with Crippen molar-refractivity contribution in [2.75, 3.05) is 6.54 Å². The number of nitrogens with one attached hydrogen (secondary N) is 1. The number of hydrogen-bond donors (Lipinski definition) is 2. The van der Waals surface area contributed by atoms with Gasteiger partial charge in [0, 0.05) is 31.9 Å². The standard InChI is InChI=1S/C11H15N3O3/c1-14-8(3-7-13-14)2-6-12-9(15)11(4-5-11)10(16)17/h3,7H,2,4-6H2,1H3,(H,12,15)(H,16,17). The third-order valence-electron chi connectivity index (χ3n) is 3.18. The average Bonchev–Trinajstić information content (AvgIpc) is 3.00. The SMILES string of the molecule is Cn1nccc1CCNC(=O)C1(C(=O)O)CC1. The lowest BCUT2D eigenvalue weighted by Crippen LogP contribution is -2.38. The van der Waals surface area contributed by atoms with Crippen molar-refractivity contribution < 1.29 is 14.7 Å². The van der Waals surface area contributed by atoms with E-state index in [0.717, 1.165) is 5.69 Å². The van der Waals surface area contributed by atoms with Gasteiger partial charge in [-0.15, -0.1) is 0 Å². The van der Waals surface area contributed by atoms with Gasteiger partial charge in [0.15, 0.2) is 0 Å². The van der Waals surface area contributed by atoms with Crippen molar-refractivity contribution in [3.8, 4) is 0 Å². The molecule has 6 heteroatoms. The van der Waals surface area contributed by atoms with Gasteiger partial charge < -0.3 is 10.4 Å². The van der Waals surface area contributed by atoms with Gasteiger partial charge in [-0.2, -0.15) is 5.10 Å². The van der Waals surface area contributed by atoms with Crippen LogP contribution in [0.1, 0.15) is 18.5 Å². The predicted molar refractivity (Wildman–Crippen MR) is 59.2 cm³/mol. The van der Waals surface area contributed by atoms with Gasteiger partial charge in [0.2, 0.25) is 5.91 Å². The second-order valence-corrected chi connectivity index (χ2v) is 4.34. The first-order chi connectivity index (χ1) is 8.06. The number of carboxylic acids is 1. The first kappa shape index (κ1) is 11.6. The zero-order chi connectivity index (χ0) is 12.5. The highest BCUT2D eigenvalue weighted by Gasteiger charge is 2.56. The molecule has 1 aromatic rings. The minimum absolute atomic E-state index is 0.368. The van der Waals surface area contributed by atoms with Gasteiger partial charge >= 0.3 is 5.97 Å². The van der Waals surface area contributed by atoms with Crippen LogP contribution in [-0.2, 0) is 23.1 Å². The van der Waals surface area contributed by atoms with Crippen molar-refractivity contribution >= 4 is 11.9 Å².